The van der Waals surface area contributed by atoms with Gasteiger partial charge in [0.1, 0.15) is 5.82 Å². The predicted octanol–water partition coefficient (Wildman–Crippen LogP) is 7.13. The van der Waals surface area contributed by atoms with Gasteiger partial charge in [-0.15, -0.1) is 0 Å². The Morgan fingerprint density at radius 1 is 0.892 bits per heavy atom. The van der Waals surface area contributed by atoms with Crippen molar-refractivity contribution in [2.45, 2.75) is 64.5 Å². The molecule has 0 radical (unpaired) electrons. The van der Waals surface area contributed by atoms with E-state index in [0.29, 0.717) is 17.4 Å². The number of carbonyl (C=O) groups is 1. The highest BCUT2D eigenvalue weighted by atomic mass is 19.1. The summed E-state index contributed by atoms with van der Waals surface area (Å²) in [5.74, 6) is 0.465. The van der Waals surface area contributed by atoms with E-state index in [1.165, 1.54) is 53.6 Å². The maximum Gasteiger partial charge on any atom is 0.254 e. The maximum absolute atomic E-state index is 13.8. The van der Waals surface area contributed by atoms with Crippen molar-refractivity contribution >= 4 is 5.91 Å². The van der Waals surface area contributed by atoms with Gasteiger partial charge in [0.25, 0.3) is 5.91 Å². The van der Waals surface area contributed by atoms with Crippen LogP contribution in [0.1, 0.15) is 70.6 Å². The largest absolute Gasteiger partial charge is 0.335 e. The fraction of sp³-hybridized carbons (Fsp3) is 0.424. The molecule has 3 aromatic rings. The third-order valence-electron chi connectivity index (χ3n) is 8.43. The number of aryl methyl sites for hydroxylation is 2. The van der Waals surface area contributed by atoms with E-state index in [2.05, 4.69) is 72.2 Å². The first-order valence-electron chi connectivity index (χ1n) is 13.9. The number of nitrogens with zero attached hydrogens (tertiary/aromatic N) is 2. The first-order chi connectivity index (χ1) is 18.0. The molecule has 1 heterocycles. The van der Waals surface area contributed by atoms with Crippen molar-refractivity contribution in [2.75, 3.05) is 19.6 Å². The van der Waals surface area contributed by atoms with Crippen molar-refractivity contribution in [3.8, 4) is 0 Å². The molecule has 1 aliphatic carbocycles. The van der Waals surface area contributed by atoms with E-state index in [1.54, 1.807) is 12.1 Å². The Bertz CT molecular complexity index is 1180. The van der Waals surface area contributed by atoms with Gasteiger partial charge in [-0.1, -0.05) is 73.4 Å². The number of hydrogen-bond donors (Lipinski definition) is 0. The monoisotopic (exact) mass is 498 g/mol. The summed E-state index contributed by atoms with van der Waals surface area (Å²) in [5.41, 5.74) is 5.93. The second kappa shape index (κ2) is 11.6. The first kappa shape index (κ1) is 25.7. The van der Waals surface area contributed by atoms with Gasteiger partial charge in [-0.25, -0.2) is 4.39 Å². The van der Waals surface area contributed by atoms with Crippen LogP contribution in [-0.4, -0.2) is 41.4 Å². The molecule has 1 amide bonds. The molecule has 2 aliphatic rings. The van der Waals surface area contributed by atoms with Crippen LogP contribution >= 0.6 is 0 Å². The molecular formula is C33H39FN2O. The molecule has 37 heavy (non-hydrogen) atoms. The Kier molecular flexibility index (Phi) is 8.05. The van der Waals surface area contributed by atoms with Crippen LogP contribution in [-0.2, 0) is 6.54 Å². The van der Waals surface area contributed by atoms with Crippen LogP contribution in [0.15, 0.2) is 72.8 Å². The van der Waals surface area contributed by atoms with Gasteiger partial charge in [-0.05, 0) is 73.6 Å². The number of benzene rings is 3. The average molecular weight is 499 g/mol. The summed E-state index contributed by atoms with van der Waals surface area (Å²) in [4.78, 5) is 18.6. The lowest BCUT2D eigenvalue weighted by molar-refractivity contribution is 0.0588. The summed E-state index contributed by atoms with van der Waals surface area (Å²) in [6.07, 6.45) is 5.70. The summed E-state index contributed by atoms with van der Waals surface area (Å²) in [7, 11) is 0. The second-order valence-electron chi connectivity index (χ2n) is 11.2. The van der Waals surface area contributed by atoms with Crippen LogP contribution in [0.2, 0.25) is 0 Å². The highest BCUT2D eigenvalue weighted by Gasteiger charge is 2.38. The average Bonchev–Trinajstić information content (AvgIpc) is 3.31. The highest BCUT2D eigenvalue weighted by molar-refractivity contribution is 5.94. The van der Waals surface area contributed by atoms with Gasteiger partial charge >= 0.3 is 0 Å². The second-order valence-corrected chi connectivity index (χ2v) is 11.2. The van der Waals surface area contributed by atoms with Crippen molar-refractivity contribution in [3.63, 3.8) is 0 Å². The van der Waals surface area contributed by atoms with E-state index in [4.69, 9.17) is 0 Å². The molecule has 0 aromatic heterocycles. The third kappa shape index (κ3) is 6.13. The van der Waals surface area contributed by atoms with Gasteiger partial charge in [-0.3, -0.25) is 9.69 Å². The Morgan fingerprint density at radius 3 is 2.30 bits per heavy atom. The number of rotatable bonds is 7. The van der Waals surface area contributed by atoms with Crippen molar-refractivity contribution in [1.82, 2.24) is 9.80 Å². The van der Waals surface area contributed by atoms with Crippen molar-refractivity contribution in [3.05, 3.63) is 106 Å². The summed E-state index contributed by atoms with van der Waals surface area (Å²) in [6.45, 7) is 7.96. The Labute approximate surface area is 221 Å². The van der Waals surface area contributed by atoms with Crippen LogP contribution in [0.3, 0.4) is 0 Å². The molecule has 5 rings (SSSR count). The topological polar surface area (TPSA) is 23.6 Å². The van der Waals surface area contributed by atoms with E-state index in [9.17, 15) is 9.18 Å². The number of amides is 1. The molecular weight excluding hydrogens is 459 g/mol. The van der Waals surface area contributed by atoms with Crippen molar-refractivity contribution in [1.29, 1.82) is 0 Å². The van der Waals surface area contributed by atoms with Crippen molar-refractivity contribution < 1.29 is 9.18 Å². The van der Waals surface area contributed by atoms with E-state index >= 15 is 0 Å². The minimum Gasteiger partial charge on any atom is -0.335 e. The fourth-order valence-corrected chi connectivity index (χ4v) is 6.38. The first-order valence-corrected chi connectivity index (χ1v) is 13.9. The van der Waals surface area contributed by atoms with Gasteiger partial charge < -0.3 is 4.90 Å². The SMILES string of the molecule is Cc1ccc(CN2C[C@H](CN(C(=O)c3ccc(F)cc3)C3CCCCC3)[C@@H](c3ccccc3C)C2)cc1. The molecule has 0 spiro atoms. The maximum atomic E-state index is 13.8. The minimum atomic E-state index is -0.303. The number of carbonyl (C=O) groups excluding carboxylic acids is 1. The Hall–Kier alpha value is -2.98. The molecule has 1 saturated heterocycles. The quantitative estimate of drug-likeness (QED) is 0.346. The van der Waals surface area contributed by atoms with Crippen LogP contribution in [0.25, 0.3) is 0 Å². The summed E-state index contributed by atoms with van der Waals surface area (Å²) < 4.78 is 13.6. The van der Waals surface area contributed by atoms with E-state index in [0.717, 1.165) is 39.0 Å². The standard InChI is InChI=1S/C33H39FN2O/c1-24-12-14-26(15-13-24)20-35-21-28(32(23-35)31-11-7-6-8-25(31)2)22-36(30-9-4-3-5-10-30)33(37)27-16-18-29(34)19-17-27/h6-8,11-19,28,30,32H,3-5,9-10,20-23H2,1-2H3/t28-,32+/m1/s1. The predicted molar refractivity (Wildman–Crippen MR) is 148 cm³/mol. The zero-order chi connectivity index (χ0) is 25.8. The minimum absolute atomic E-state index is 0.0485. The molecule has 0 N–H and O–H groups in total. The van der Waals surface area contributed by atoms with E-state index in [-0.39, 0.29) is 17.8 Å². The van der Waals surface area contributed by atoms with E-state index < -0.39 is 0 Å². The number of hydrogen-bond acceptors (Lipinski definition) is 2. The molecule has 194 valence electrons. The summed E-state index contributed by atoms with van der Waals surface area (Å²) in [5, 5.41) is 0. The molecule has 3 aromatic carbocycles. The summed E-state index contributed by atoms with van der Waals surface area (Å²) >= 11 is 0. The van der Waals surface area contributed by atoms with E-state index in [1.807, 2.05) is 0 Å². The zero-order valence-electron chi connectivity index (χ0n) is 22.2. The molecule has 2 fully saturated rings. The molecule has 1 aliphatic heterocycles. The molecule has 4 heteroatoms. The number of halogens is 1. The van der Waals surface area contributed by atoms with Crippen LogP contribution in [0.5, 0.6) is 0 Å². The normalized spacial score (nSPS) is 20.7. The third-order valence-corrected chi connectivity index (χ3v) is 8.43. The fourth-order valence-electron chi connectivity index (χ4n) is 6.38. The van der Waals surface area contributed by atoms with Gasteiger partial charge in [-0.2, -0.15) is 0 Å². The summed E-state index contributed by atoms with van der Waals surface area (Å²) in [6, 6.07) is 23.9. The van der Waals surface area contributed by atoms with Gasteiger partial charge in [0.15, 0.2) is 0 Å². The van der Waals surface area contributed by atoms with Gasteiger partial charge in [0.2, 0.25) is 0 Å². The molecule has 3 nitrogen and oxygen atoms in total. The lowest BCUT2D eigenvalue weighted by Crippen LogP contribution is -2.45. The lowest BCUT2D eigenvalue weighted by Gasteiger charge is -2.37. The Balaban J connectivity index is 1.42. The van der Waals surface area contributed by atoms with Gasteiger partial charge in [0.05, 0.1) is 0 Å². The van der Waals surface area contributed by atoms with Crippen LogP contribution in [0, 0.1) is 25.6 Å². The van der Waals surface area contributed by atoms with Crippen LogP contribution in [0.4, 0.5) is 4.39 Å². The smallest absolute Gasteiger partial charge is 0.254 e. The molecule has 0 unspecified atom stereocenters. The van der Waals surface area contributed by atoms with Gasteiger partial charge in [0, 0.05) is 43.7 Å². The molecule has 1 saturated carbocycles. The number of likely N-dealkylation sites (tertiary alicyclic amines) is 1. The lowest BCUT2D eigenvalue weighted by atomic mass is 9.85. The molecule has 2 atom stereocenters. The van der Waals surface area contributed by atoms with Crippen LogP contribution < -0.4 is 0 Å². The highest BCUT2D eigenvalue weighted by Crippen LogP contribution is 2.37. The Morgan fingerprint density at radius 2 is 1.59 bits per heavy atom. The molecule has 0 bridgehead atoms. The zero-order valence-corrected chi connectivity index (χ0v) is 22.2. The van der Waals surface area contributed by atoms with Crippen molar-refractivity contribution in [2.24, 2.45) is 5.92 Å².